The van der Waals surface area contributed by atoms with Crippen molar-refractivity contribution in [1.29, 1.82) is 0 Å². The SMILES string of the molecule is O=C(O)CCc1sccc1Cc1ccccn1. The zero-order chi connectivity index (χ0) is 12.1. The molecule has 2 aromatic rings. The van der Waals surface area contributed by atoms with Crippen molar-refractivity contribution in [3.63, 3.8) is 0 Å². The van der Waals surface area contributed by atoms with Crippen molar-refractivity contribution in [3.8, 4) is 0 Å². The number of carbonyl (C=O) groups is 1. The molecule has 0 saturated carbocycles. The maximum Gasteiger partial charge on any atom is 0.303 e. The van der Waals surface area contributed by atoms with Gasteiger partial charge in [0.25, 0.3) is 0 Å². The Morgan fingerprint density at radius 1 is 1.35 bits per heavy atom. The number of carboxylic acid groups (broad SMARTS) is 1. The first-order valence-electron chi connectivity index (χ1n) is 5.42. The second kappa shape index (κ2) is 5.59. The maximum absolute atomic E-state index is 10.6. The van der Waals surface area contributed by atoms with Crippen LogP contribution in [0.25, 0.3) is 0 Å². The number of aryl methyl sites for hydroxylation is 1. The van der Waals surface area contributed by atoms with Crippen LogP contribution in [-0.4, -0.2) is 16.1 Å². The lowest BCUT2D eigenvalue weighted by Crippen LogP contribution is -1.99. The zero-order valence-corrected chi connectivity index (χ0v) is 10.1. The van der Waals surface area contributed by atoms with Crippen LogP contribution in [0.15, 0.2) is 35.8 Å². The molecular formula is C13H13NO2S. The number of rotatable bonds is 5. The summed E-state index contributed by atoms with van der Waals surface area (Å²) in [4.78, 5) is 16.0. The van der Waals surface area contributed by atoms with Crippen LogP contribution in [-0.2, 0) is 17.6 Å². The van der Waals surface area contributed by atoms with Gasteiger partial charge in [-0.1, -0.05) is 6.07 Å². The average molecular weight is 247 g/mol. The number of nitrogens with zero attached hydrogens (tertiary/aromatic N) is 1. The van der Waals surface area contributed by atoms with Gasteiger partial charge in [-0.2, -0.15) is 0 Å². The van der Waals surface area contributed by atoms with E-state index in [9.17, 15) is 4.79 Å². The van der Waals surface area contributed by atoms with Crippen molar-refractivity contribution in [3.05, 3.63) is 52.0 Å². The molecule has 0 aliphatic heterocycles. The minimum absolute atomic E-state index is 0.190. The molecule has 0 atom stereocenters. The van der Waals surface area contributed by atoms with E-state index in [1.165, 1.54) is 5.56 Å². The molecule has 0 unspecified atom stereocenters. The van der Waals surface area contributed by atoms with Gasteiger partial charge in [-0.3, -0.25) is 9.78 Å². The van der Waals surface area contributed by atoms with Gasteiger partial charge in [-0.25, -0.2) is 0 Å². The van der Waals surface area contributed by atoms with Crippen molar-refractivity contribution in [2.45, 2.75) is 19.3 Å². The lowest BCUT2D eigenvalue weighted by molar-refractivity contribution is -0.136. The molecule has 0 aliphatic carbocycles. The summed E-state index contributed by atoms with van der Waals surface area (Å²) in [6.07, 6.45) is 3.35. The largest absolute Gasteiger partial charge is 0.481 e. The van der Waals surface area contributed by atoms with Crippen molar-refractivity contribution in [2.75, 3.05) is 0 Å². The van der Waals surface area contributed by atoms with Crippen molar-refractivity contribution >= 4 is 17.3 Å². The molecule has 0 saturated heterocycles. The molecule has 17 heavy (non-hydrogen) atoms. The van der Waals surface area contributed by atoms with Crippen LogP contribution in [0.3, 0.4) is 0 Å². The Balaban J connectivity index is 2.06. The van der Waals surface area contributed by atoms with Gasteiger partial charge in [0, 0.05) is 23.2 Å². The van der Waals surface area contributed by atoms with Crippen LogP contribution < -0.4 is 0 Å². The third-order valence-corrected chi connectivity index (χ3v) is 3.52. The number of aromatic nitrogens is 1. The van der Waals surface area contributed by atoms with Gasteiger partial charge in [-0.05, 0) is 35.6 Å². The highest BCUT2D eigenvalue weighted by atomic mass is 32.1. The summed E-state index contributed by atoms with van der Waals surface area (Å²) < 4.78 is 0. The number of pyridine rings is 1. The molecule has 2 heterocycles. The number of thiophene rings is 1. The molecule has 0 bridgehead atoms. The second-order valence-corrected chi connectivity index (χ2v) is 4.76. The van der Waals surface area contributed by atoms with E-state index in [-0.39, 0.29) is 6.42 Å². The topological polar surface area (TPSA) is 50.2 Å². The van der Waals surface area contributed by atoms with Gasteiger partial charge in [-0.15, -0.1) is 11.3 Å². The summed E-state index contributed by atoms with van der Waals surface area (Å²) in [5.41, 5.74) is 2.21. The summed E-state index contributed by atoms with van der Waals surface area (Å²) in [6.45, 7) is 0. The number of carboxylic acids is 1. The zero-order valence-electron chi connectivity index (χ0n) is 9.30. The predicted octanol–water partition coefficient (Wildman–Crippen LogP) is 2.75. The van der Waals surface area contributed by atoms with Gasteiger partial charge < -0.3 is 5.11 Å². The Kier molecular flexibility index (Phi) is 3.88. The third-order valence-electron chi connectivity index (χ3n) is 2.50. The Morgan fingerprint density at radius 2 is 2.24 bits per heavy atom. The van der Waals surface area contributed by atoms with Crippen LogP contribution in [0, 0.1) is 0 Å². The summed E-state index contributed by atoms with van der Waals surface area (Å²) in [5.74, 6) is -0.748. The smallest absolute Gasteiger partial charge is 0.303 e. The summed E-state index contributed by atoms with van der Waals surface area (Å²) in [6, 6.07) is 7.89. The average Bonchev–Trinajstić information content (AvgIpc) is 2.75. The van der Waals surface area contributed by atoms with Crippen molar-refractivity contribution < 1.29 is 9.90 Å². The fourth-order valence-electron chi connectivity index (χ4n) is 1.66. The molecule has 0 spiro atoms. The number of hydrogen-bond donors (Lipinski definition) is 1. The van der Waals surface area contributed by atoms with Gasteiger partial charge in [0.15, 0.2) is 0 Å². The molecule has 0 radical (unpaired) electrons. The van der Waals surface area contributed by atoms with Crippen LogP contribution >= 0.6 is 11.3 Å². The molecule has 0 amide bonds. The standard InChI is InChI=1S/C13H13NO2S/c15-13(16)5-4-12-10(6-8-17-12)9-11-3-1-2-7-14-11/h1-3,6-8H,4-5,9H2,(H,15,16). The van der Waals surface area contributed by atoms with E-state index >= 15 is 0 Å². The Hall–Kier alpha value is -1.68. The Morgan fingerprint density at radius 3 is 2.94 bits per heavy atom. The minimum Gasteiger partial charge on any atom is -0.481 e. The van der Waals surface area contributed by atoms with E-state index in [1.54, 1.807) is 17.5 Å². The molecule has 88 valence electrons. The highest BCUT2D eigenvalue weighted by molar-refractivity contribution is 7.10. The second-order valence-electron chi connectivity index (χ2n) is 3.76. The Bertz CT molecular complexity index is 493. The van der Waals surface area contributed by atoms with E-state index < -0.39 is 5.97 Å². The molecule has 2 rings (SSSR count). The molecule has 0 aromatic carbocycles. The van der Waals surface area contributed by atoms with Gasteiger partial charge in [0.1, 0.15) is 0 Å². The third kappa shape index (κ3) is 3.39. The first kappa shape index (κ1) is 11.8. The molecule has 1 N–H and O–H groups in total. The maximum atomic E-state index is 10.6. The Labute approximate surface area is 104 Å². The summed E-state index contributed by atoms with van der Waals surface area (Å²) in [7, 11) is 0. The van der Waals surface area contributed by atoms with Crippen LogP contribution in [0.5, 0.6) is 0 Å². The molecular weight excluding hydrogens is 234 g/mol. The van der Waals surface area contributed by atoms with Crippen molar-refractivity contribution in [1.82, 2.24) is 4.98 Å². The quantitative estimate of drug-likeness (QED) is 0.883. The minimum atomic E-state index is -0.748. The number of aliphatic carboxylic acids is 1. The van der Waals surface area contributed by atoms with Crippen molar-refractivity contribution in [2.24, 2.45) is 0 Å². The summed E-state index contributed by atoms with van der Waals surface area (Å²) >= 11 is 1.62. The van der Waals surface area contributed by atoms with Crippen LogP contribution in [0.1, 0.15) is 22.6 Å². The van der Waals surface area contributed by atoms with E-state index in [2.05, 4.69) is 11.1 Å². The monoisotopic (exact) mass is 247 g/mol. The van der Waals surface area contributed by atoms with E-state index in [4.69, 9.17) is 5.11 Å². The summed E-state index contributed by atoms with van der Waals surface area (Å²) in [5, 5.41) is 10.7. The number of hydrogen-bond acceptors (Lipinski definition) is 3. The molecule has 3 nitrogen and oxygen atoms in total. The predicted molar refractivity (Wildman–Crippen MR) is 67.3 cm³/mol. The molecule has 4 heteroatoms. The van der Waals surface area contributed by atoms with Gasteiger partial charge >= 0.3 is 5.97 Å². The van der Waals surface area contributed by atoms with Crippen LogP contribution in [0.2, 0.25) is 0 Å². The van der Waals surface area contributed by atoms with Gasteiger partial charge in [0.2, 0.25) is 0 Å². The normalized spacial score (nSPS) is 10.4. The highest BCUT2D eigenvalue weighted by Gasteiger charge is 2.07. The van der Waals surface area contributed by atoms with E-state index in [0.717, 1.165) is 17.0 Å². The molecule has 0 fully saturated rings. The lowest BCUT2D eigenvalue weighted by atomic mass is 10.1. The van der Waals surface area contributed by atoms with Crippen LogP contribution in [0.4, 0.5) is 0 Å². The molecule has 2 aromatic heterocycles. The van der Waals surface area contributed by atoms with E-state index in [1.807, 2.05) is 23.6 Å². The first-order chi connectivity index (χ1) is 8.25. The highest BCUT2D eigenvalue weighted by Crippen LogP contribution is 2.21. The molecule has 0 aliphatic rings. The lowest BCUT2D eigenvalue weighted by Gasteiger charge is -2.02. The van der Waals surface area contributed by atoms with E-state index in [0.29, 0.717) is 6.42 Å². The fraction of sp³-hybridized carbons (Fsp3) is 0.231. The first-order valence-corrected chi connectivity index (χ1v) is 6.30. The fourth-order valence-corrected chi connectivity index (χ4v) is 2.57. The van der Waals surface area contributed by atoms with Gasteiger partial charge in [0.05, 0.1) is 6.42 Å².